The van der Waals surface area contributed by atoms with Gasteiger partial charge in [0.1, 0.15) is 5.60 Å². The summed E-state index contributed by atoms with van der Waals surface area (Å²) in [6.45, 7) is 8.53. The van der Waals surface area contributed by atoms with Crippen molar-refractivity contribution in [2.45, 2.75) is 46.3 Å². The van der Waals surface area contributed by atoms with Crippen LogP contribution in [0.15, 0.2) is 54.6 Å². The predicted octanol–water partition coefficient (Wildman–Crippen LogP) is 5.37. The Morgan fingerprint density at radius 1 is 1.06 bits per heavy atom. The first kappa shape index (κ1) is 22.3. The van der Waals surface area contributed by atoms with E-state index in [4.69, 9.17) is 4.74 Å². The van der Waals surface area contributed by atoms with Crippen molar-refractivity contribution in [3.63, 3.8) is 0 Å². The molecule has 0 saturated heterocycles. The molecule has 1 amide bonds. The molecule has 168 valence electrons. The van der Waals surface area contributed by atoms with Gasteiger partial charge in [0.15, 0.2) is 0 Å². The average Bonchev–Trinajstić information content (AvgIpc) is 2.74. The van der Waals surface area contributed by atoms with Gasteiger partial charge in [-0.1, -0.05) is 36.4 Å². The summed E-state index contributed by atoms with van der Waals surface area (Å²) in [6.07, 6.45) is 0.303. The highest BCUT2D eigenvalue weighted by Gasteiger charge is 2.26. The van der Waals surface area contributed by atoms with Crippen LogP contribution >= 0.6 is 0 Å². The maximum absolute atomic E-state index is 12.4. The molecule has 0 saturated carbocycles. The lowest BCUT2D eigenvalue weighted by molar-refractivity contribution is 0.0224. The summed E-state index contributed by atoms with van der Waals surface area (Å²) in [7, 11) is 0. The Balaban J connectivity index is 1.67. The van der Waals surface area contributed by atoms with Gasteiger partial charge in [-0.3, -0.25) is 8.51 Å². The molecule has 0 bridgehead atoms. The predicted molar refractivity (Wildman–Crippen MR) is 127 cm³/mol. The van der Waals surface area contributed by atoms with Gasteiger partial charge in [-0.25, -0.2) is 4.79 Å². The molecule has 0 aromatic heterocycles. The monoisotopic (exact) mass is 451 g/mol. The maximum atomic E-state index is 12.4. The van der Waals surface area contributed by atoms with Crippen LogP contribution in [-0.2, 0) is 29.0 Å². The molecule has 3 aromatic rings. The molecule has 1 heterocycles. The van der Waals surface area contributed by atoms with Gasteiger partial charge < -0.3 is 14.2 Å². The first-order valence-electron chi connectivity index (χ1n) is 10.6. The Morgan fingerprint density at radius 3 is 2.47 bits per heavy atom. The molecule has 0 spiro atoms. The lowest BCUT2D eigenvalue weighted by atomic mass is 9.99. The van der Waals surface area contributed by atoms with Crippen molar-refractivity contribution in [2.24, 2.45) is 0 Å². The van der Waals surface area contributed by atoms with Gasteiger partial charge in [0.05, 0.1) is 22.6 Å². The van der Waals surface area contributed by atoms with Gasteiger partial charge in [0.2, 0.25) is 0 Å². The second-order valence-corrected chi connectivity index (χ2v) is 9.86. The lowest BCUT2D eigenvalue weighted by Gasteiger charge is -2.33. The third-order valence-corrected chi connectivity index (χ3v) is 6.28. The number of fused-ring (bicyclic) bond motifs is 2. The number of benzene rings is 3. The molecule has 1 aliphatic rings. The van der Waals surface area contributed by atoms with Crippen molar-refractivity contribution < 1.29 is 18.3 Å². The number of nitrogens with zero attached hydrogens (tertiary/aromatic N) is 2. The summed E-state index contributed by atoms with van der Waals surface area (Å²) >= 11 is -2.50. The SMILES string of the molecule is Cc1ccc(N(c2ccc3c(c2)CCN(C(=O)OC(C)(C)C)C3)S(=O)[O-])c2ccccc12. The number of carbonyl (C=O) groups is 1. The molecule has 6 nitrogen and oxygen atoms in total. The summed E-state index contributed by atoms with van der Waals surface area (Å²) in [5.74, 6) is 0. The van der Waals surface area contributed by atoms with Gasteiger partial charge in [-0.15, -0.1) is 0 Å². The molecule has 32 heavy (non-hydrogen) atoms. The van der Waals surface area contributed by atoms with E-state index in [1.165, 1.54) is 4.31 Å². The van der Waals surface area contributed by atoms with E-state index < -0.39 is 16.9 Å². The van der Waals surface area contributed by atoms with E-state index in [1.54, 1.807) is 11.0 Å². The van der Waals surface area contributed by atoms with Gasteiger partial charge in [0.25, 0.3) is 0 Å². The minimum atomic E-state index is -2.50. The van der Waals surface area contributed by atoms with Gasteiger partial charge >= 0.3 is 6.09 Å². The van der Waals surface area contributed by atoms with Crippen LogP contribution in [0.5, 0.6) is 0 Å². The fraction of sp³-hybridized carbons (Fsp3) is 0.320. The summed E-state index contributed by atoms with van der Waals surface area (Å²) < 4.78 is 31.5. The van der Waals surface area contributed by atoms with E-state index in [0.717, 1.165) is 27.5 Å². The second kappa shape index (κ2) is 8.56. The van der Waals surface area contributed by atoms with E-state index in [-0.39, 0.29) is 6.09 Å². The Hall–Kier alpha value is -2.90. The molecule has 3 aromatic carbocycles. The fourth-order valence-corrected chi connectivity index (χ4v) is 4.67. The molecule has 1 aliphatic heterocycles. The first-order chi connectivity index (χ1) is 15.1. The van der Waals surface area contributed by atoms with Crippen molar-refractivity contribution in [1.82, 2.24) is 4.90 Å². The number of rotatable bonds is 3. The van der Waals surface area contributed by atoms with Crippen LogP contribution in [0.2, 0.25) is 0 Å². The molecule has 4 rings (SSSR count). The average molecular weight is 452 g/mol. The normalized spacial score (nSPS) is 14.7. The van der Waals surface area contributed by atoms with E-state index >= 15 is 0 Å². The van der Waals surface area contributed by atoms with Crippen molar-refractivity contribution in [3.8, 4) is 0 Å². The number of anilines is 2. The zero-order chi connectivity index (χ0) is 23.0. The minimum absolute atomic E-state index is 0.333. The van der Waals surface area contributed by atoms with Crippen molar-refractivity contribution in [1.29, 1.82) is 0 Å². The zero-order valence-corrected chi connectivity index (χ0v) is 19.6. The lowest BCUT2D eigenvalue weighted by Crippen LogP contribution is -2.39. The molecule has 1 unspecified atom stereocenters. The van der Waals surface area contributed by atoms with E-state index in [9.17, 15) is 13.6 Å². The highest BCUT2D eigenvalue weighted by molar-refractivity contribution is 7.81. The van der Waals surface area contributed by atoms with E-state index in [1.807, 2.05) is 76.2 Å². The van der Waals surface area contributed by atoms with Crippen molar-refractivity contribution in [3.05, 3.63) is 71.3 Å². The second-order valence-electron chi connectivity index (χ2n) is 9.06. The largest absolute Gasteiger partial charge is 0.755 e. The third-order valence-electron chi connectivity index (χ3n) is 5.58. The highest BCUT2D eigenvalue weighted by Crippen LogP contribution is 2.36. The number of amides is 1. The van der Waals surface area contributed by atoms with Crippen LogP contribution in [0.1, 0.15) is 37.5 Å². The smallest absolute Gasteiger partial charge is 0.410 e. The zero-order valence-electron chi connectivity index (χ0n) is 18.8. The standard InChI is InChI=1S/C25H28N2O4S/c1-17-9-12-23(22-8-6-5-7-21(17)22)27(32(29)30)20-11-10-19-16-26(14-13-18(19)15-20)24(28)31-25(2,3)4/h5-12,15H,13-14,16H2,1-4H3,(H,29,30)/p-1. The van der Waals surface area contributed by atoms with Crippen LogP contribution in [0.3, 0.4) is 0 Å². The highest BCUT2D eigenvalue weighted by atomic mass is 32.2. The van der Waals surface area contributed by atoms with E-state index in [2.05, 4.69) is 0 Å². The molecular weight excluding hydrogens is 424 g/mol. The summed E-state index contributed by atoms with van der Waals surface area (Å²) in [4.78, 5) is 14.1. The first-order valence-corrected chi connectivity index (χ1v) is 11.6. The third kappa shape index (κ3) is 4.49. The maximum Gasteiger partial charge on any atom is 0.410 e. The Kier molecular flexibility index (Phi) is 5.97. The molecule has 0 N–H and O–H groups in total. The Morgan fingerprint density at radius 2 is 1.78 bits per heavy atom. The van der Waals surface area contributed by atoms with Crippen molar-refractivity contribution in [2.75, 3.05) is 10.8 Å². The van der Waals surface area contributed by atoms with Crippen LogP contribution < -0.4 is 4.31 Å². The topological polar surface area (TPSA) is 72.9 Å². The van der Waals surface area contributed by atoms with Crippen LogP contribution in [-0.4, -0.2) is 31.9 Å². The van der Waals surface area contributed by atoms with Gasteiger partial charge in [-0.05, 0) is 74.4 Å². The van der Waals surface area contributed by atoms with Crippen LogP contribution in [0.25, 0.3) is 10.8 Å². The van der Waals surface area contributed by atoms with Gasteiger partial charge in [-0.2, -0.15) is 0 Å². The summed E-state index contributed by atoms with van der Waals surface area (Å²) in [5.41, 5.74) is 3.78. The van der Waals surface area contributed by atoms with Crippen molar-refractivity contribution >= 4 is 39.5 Å². The van der Waals surface area contributed by atoms with Gasteiger partial charge in [0, 0.05) is 18.5 Å². The fourth-order valence-electron chi connectivity index (χ4n) is 4.06. The summed E-state index contributed by atoms with van der Waals surface area (Å²) in [6, 6.07) is 17.2. The number of aryl methyl sites for hydroxylation is 1. The van der Waals surface area contributed by atoms with Crippen LogP contribution in [0.4, 0.5) is 16.2 Å². The molecule has 0 aliphatic carbocycles. The molecular formula is C25H27N2O4S-. The molecule has 0 radical (unpaired) electrons. The van der Waals surface area contributed by atoms with E-state index in [0.29, 0.717) is 30.9 Å². The molecule has 7 heteroatoms. The molecule has 1 atom stereocenters. The minimum Gasteiger partial charge on any atom is -0.755 e. The number of hydrogen-bond acceptors (Lipinski definition) is 4. The quantitative estimate of drug-likeness (QED) is 0.502. The molecule has 0 fully saturated rings. The summed E-state index contributed by atoms with van der Waals surface area (Å²) in [5, 5.41) is 1.90. The number of hydrogen-bond donors (Lipinski definition) is 0. The Bertz CT molecular complexity index is 1200. The Labute approximate surface area is 191 Å². The van der Waals surface area contributed by atoms with Crippen LogP contribution in [0, 0.1) is 6.92 Å². The number of ether oxygens (including phenoxy) is 1. The number of carbonyl (C=O) groups excluding carboxylic acids is 1.